The average molecular weight is 210 g/mol. The zero-order chi connectivity index (χ0) is 11.8. The summed E-state index contributed by atoms with van der Waals surface area (Å²) in [5, 5.41) is 9.44. The van der Waals surface area contributed by atoms with Crippen molar-refractivity contribution in [1.82, 2.24) is 0 Å². The number of aliphatic hydroxyl groups is 1. The molecule has 1 rings (SSSR count). The van der Waals surface area contributed by atoms with Gasteiger partial charge in [0.25, 0.3) is 0 Å². The van der Waals surface area contributed by atoms with Gasteiger partial charge in [-0.3, -0.25) is 4.79 Å². The first-order chi connectivity index (χ1) is 6.79. The molecule has 82 valence electrons. The first kappa shape index (κ1) is 11.5. The summed E-state index contributed by atoms with van der Waals surface area (Å²) in [5.74, 6) is -1.63. The summed E-state index contributed by atoms with van der Waals surface area (Å²) < 4.78 is 4.73. The van der Waals surface area contributed by atoms with Crippen LogP contribution in [0.5, 0.6) is 0 Å². The van der Waals surface area contributed by atoms with Crippen molar-refractivity contribution in [3.05, 3.63) is 23.2 Å². The molecule has 15 heavy (non-hydrogen) atoms. The minimum atomic E-state index is -0.865. The number of hydrogen-bond donors (Lipinski definition) is 1. The fourth-order valence-electron chi connectivity index (χ4n) is 1.22. The van der Waals surface area contributed by atoms with Crippen molar-refractivity contribution in [2.45, 2.75) is 27.7 Å². The van der Waals surface area contributed by atoms with E-state index in [1.807, 2.05) is 0 Å². The van der Waals surface area contributed by atoms with Crippen molar-refractivity contribution in [3.8, 4) is 0 Å². The molecule has 0 saturated heterocycles. The van der Waals surface area contributed by atoms with Crippen LogP contribution < -0.4 is 0 Å². The predicted octanol–water partition coefficient (Wildman–Crippen LogP) is 1.87. The van der Waals surface area contributed by atoms with E-state index in [1.54, 1.807) is 27.7 Å². The summed E-state index contributed by atoms with van der Waals surface area (Å²) >= 11 is 0. The lowest BCUT2D eigenvalue weighted by Gasteiger charge is -2.16. The van der Waals surface area contributed by atoms with E-state index in [-0.39, 0.29) is 17.1 Å². The molecule has 1 aliphatic heterocycles. The molecule has 0 unspecified atom stereocenters. The van der Waals surface area contributed by atoms with Crippen LogP contribution >= 0.6 is 0 Å². The predicted molar refractivity (Wildman–Crippen MR) is 54.0 cm³/mol. The Kier molecular flexibility index (Phi) is 2.71. The van der Waals surface area contributed by atoms with Crippen molar-refractivity contribution >= 4 is 11.8 Å². The van der Waals surface area contributed by atoms with E-state index in [2.05, 4.69) is 0 Å². The first-order valence-corrected chi connectivity index (χ1v) is 4.66. The number of hydrogen-bond acceptors (Lipinski definition) is 4. The molecular formula is C11H14O4. The van der Waals surface area contributed by atoms with Crippen molar-refractivity contribution < 1.29 is 19.4 Å². The lowest BCUT2D eigenvalue weighted by atomic mass is 9.85. The number of carbonyl (C=O) groups excluding carboxylic acids is 2. The summed E-state index contributed by atoms with van der Waals surface area (Å²) in [6.45, 7) is 6.78. The molecule has 4 heteroatoms. The zero-order valence-electron chi connectivity index (χ0n) is 9.25. The average Bonchev–Trinajstić information content (AvgIpc) is 2.40. The Morgan fingerprint density at radius 2 is 1.93 bits per heavy atom. The lowest BCUT2D eigenvalue weighted by Crippen LogP contribution is -2.23. The van der Waals surface area contributed by atoms with Gasteiger partial charge in [0.15, 0.2) is 5.78 Å². The number of allylic oxidation sites excluding steroid dienone is 2. The fourth-order valence-corrected chi connectivity index (χ4v) is 1.22. The standard InChI is InChI=1S/C11H14O4/c1-5-6-7(8(12)10(14)15-6)9(13)11(2,3)4/h5,12H,1-4H3/b6-5-. The Morgan fingerprint density at radius 1 is 1.40 bits per heavy atom. The molecule has 0 aliphatic carbocycles. The Bertz CT molecular complexity index is 380. The molecule has 0 aromatic carbocycles. The zero-order valence-corrected chi connectivity index (χ0v) is 9.25. The van der Waals surface area contributed by atoms with Crippen LogP contribution in [0.1, 0.15) is 27.7 Å². The number of ether oxygens (including phenoxy) is 1. The van der Waals surface area contributed by atoms with Crippen LogP contribution in [0.2, 0.25) is 0 Å². The molecule has 0 fully saturated rings. The lowest BCUT2D eigenvalue weighted by molar-refractivity contribution is -0.135. The second-order valence-corrected chi connectivity index (χ2v) is 4.35. The van der Waals surface area contributed by atoms with Gasteiger partial charge in [0.1, 0.15) is 11.3 Å². The molecule has 0 amide bonds. The molecule has 0 aromatic heterocycles. The van der Waals surface area contributed by atoms with Gasteiger partial charge in [-0.2, -0.15) is 0 Å². The van der Waals surface area contributed by atoms with Gasteiger partial charge in [0.05, 0.1) is 0 Å². The molecule has 0 radical (unpaired) electrons. The van der Waals surface area contributed by atoms with Gasteiger partial charge >= 0.3 is 5.97 Å². The largest absolute Gasteiger partial charge is 0.501 e. The van der Waals surface area contributed by atoms with Crippen LogP contribution in [0.15, 0.2) is 23.2 Å². The minimum absolute atomic E-state index is 0.0185. The summed E-state index contributed by atoms with van der Waals surface area (Å²) in [7, 11) is 0. The van der Waals surface area contributed by atoms with Crippen LogP contribution in [-0.4, -0.2) is 16.9 Å². The van der Waals surface area contributed by atoms with Crippen molar-refractivity contribution in [2.24, 2.45) is 5.41 Å². The fraction of sp³-hybridized carbons (Fsp3) is 0.455. The molecule has 4 nitrogen and oxygen atoms in total. The highest BCUT2D eigenvalue weighted by molar-refractivity contribution is 6.10. The number of aliphatic hydroxyl groups excluding tert-OH is 1. The Labute approximate surface area is 88.2 Å². The van der Waals surface area contributed by atoms with E-state index < -0.39 is 17.1 Å². The maximum Gasteiger partial charge on any atom is 0.379 e. The highest BCUT2D eigenvalue weighted by Gasteiger charge is 2.38. The third kappa shape index (κ3) is 1.93. The molecule has 0 bridgehead atoms. The van der Waals surface area contributed by atoms with Crippen LogP contribution in [0.25, 0.3) is 0 Å². The molecule has 0 atom stereocenters. The first-order valence-electron chi connectivity index (χ1n) is 4.66. The van der Waals surface area contributed by atoms with Gasteiger partial charge in [-0.1, -0.05) is 20.8 Å². The summed E-state index contributed by atoms with van der Waals surface area (Å²) in [5.41, 5.74) is -0.680. The van der Waals surface area contributed by atoms with Gasteiger partial charge in [-0.05, 0) is 13.0 Å². The molecule has 1 aliphatic rings. The van der Waals surface area contributed by atoms with Crippen molar-refractivity contribution in [2.75, 3.05) is 0 Å². The molecule has 0 aromatic rings. The highest BCUT2D eigenvalue weighted by Crippen LogP contribution is 2.31. The topological polar surface area (TPSA) is 63.6 Å². The minimum Gasteiger partial charge on any atom is -0.501 e. The molecule has 1 N–H and O–H groups in total. The summed E-state index contributed by atoms with van der Waals surface area (Å²) in [6.07, 6.45) is 1.49. The maximum absolute atomic E-state index is 11.9. The van der Waals surface area contributed by atoms with E-state index in [0.717, 1.165) is 0 Å². The maximum atomic E-state index is 11.9. The monoisotopic (exact) mass is 210 g/mol. The Hall–Kier alpha value is -1.58. The molecule has 0 spiro atoms. The van der Waals surface area contributed by atoms with Gasteiger partial charge in [-0.15, -0.1) is 0 Å². The highest BCUT2D eigenvalue weighted by atomic mass is 16.6. The number of Topliss-reactive ketones (excluding diaryl/α,β-unsaturated/α-hetero) is 1. The molecular weight excluding hydrogens is 196 g/mol. The van der Waals surface area contributed by atoms with E-state index in [0.29, 0.717) is 0 Å². The van der Waals surface area contributed by atoms with Crippen LogP contribution in [0, 0.1) is 5.41 Å². The third-order valence-corrected chi connectivity index (χ3v) is 2.05. The van der Waals surface area contributed by atoms with Gasteiger partial charge in [0.2, 0.25) is 5.76 Å². The van der Waals surface area contributed by atoms with Crippen molar-refractivity contribution in [3.63, 3.8) is 0 Å². The molecule has 0 saturated carbocycles. The van der Waals surface area contributed by atoms with E-state index in [1.165, 1.54) is 6.08 Å². The van der Waals surface area contributed by atoms with Crippen LogP contribution in [0.3, 0.4) is 0 Å². The normalized spacial score (nSPS) is 19.7. The van der Waals surface area contributed by atoms with Crippen LogP contribution in [-0.2, 0) is 14.3 Å². The Morgan fingerprint density at radius 3 is 2.33 bits per heavy atom. The summed E-state index contributed by atoms with van der Waals surface area (Å²) in [6, 6.07) is 0. The quantitative estimate of drug-likeness (QED) is 0.671. The second kappa shape index (κ2) is 3.53. The number of rotatable bonds is 1. The Balaban J connectivity index is 3.24. The van der Waals surface area contributed by atoms with E-state index >= 15 is 0 Å². The third-order valence-electron chi connectivity index (χ3n) is 2.05. The van der Waals surface area contributed by atoms with Gasteiger partial charge in [0, 0.05) is 5.41 Å². The van der Waals surface area contributed by atoms with Crippen LogP contribution in [0.4, 0.5) is 0 Å². The number of esters is 1. The smallest absolute Gasteiger partial charge is 0.379 e. The van der Waals surface area contributed by atoms with Crippen molar-refractivity contribution in [1.29, 1.82) is 0 Å². The van der Waals surface area contributed by atoms with E-state index in [4.69, 9.17) is 4.74 Å². The molecule has 1 heterocycles. The van der Waals surface area contributed by atoms with E-state index in [9.17, 15) is 14.7 Å². The number of carbonyl (C=O) groups is 2. The number of cyclic esters (lactones) is 1. The number of ketones is 1. The van der Waals surface area contributed by atoms with Gasteiger partial charge in [-0.25, -0.2) is 4.79 Å². The second-order valence-electron chi connectivity index (χ2n) is 4.35. The van der Waals surface area contributed by atoms with Gasteiger partial charge < -0.3 is 9.84 Å². The SMILES string of the molecule is C/C=C1\OC(=O)C(O)=C1C(=O)C(C)(C)C. The summed E-state index contributed by atoms with van der Waals surface area (Å²) in [4.78, 5) is 23.0.